The predicted octanol–water partition coefficient (Wildman–Crippen LogP) is 4.50. The van der Waals surface area contributed by atoms with Gasteiger partial charge in [0.2, 0.25) is 5.24 Å². The summed E-state index contributed by atoms with van der Waals surface area (Å²) in [6.45, 7) is 0. The molecule has 1 aromatic rings. The van der Waals surface area contributed by atoms with Gasteiger partial charge in [-0.05, 0) is 41.4 Å². The number of allylic oxidation sites excluding steroid dienone is 1. The van der Waals surface area contributed by atoms with E-state index in [2.05, 4.69) is 0 Å². The Labute approximate surface area is 108 Å². The molecule has 0 aliphatic heterocycles. The van der Waals surface area contributed by atoms with Crippen molar-refractivity contribution in [2.24, 2.45) is 0 Å². The SMILES string of the molecule is O=C(Cl)C=Cc1cc(C(F)(F)F)cc(C(F)(F)F)c1. The van der Waals surface area contributed by atoms with Gasteiger partial charge in [-0.2, -0.15) is 26.3 Å². The summed E-state index contributed by atoms with van der Waals surface area (Å²) in [5, 5.41) is -1.01. The quantitative estimate of drug-likeness (QED) is 0.446. The molecule has 0 atom stereocenters. The van der Waals surface area contributed by atoms with Gasteiger partial charge in [-0.15, -0.1) is 0 Å². The summed E-state index contributed by atoms with van der Waals surface area (Å²) >= 11 is 4.92. The number of hydrogen-bond donors (Lipinski definition) is 0. The largest absolute Gasteiger partial charge is 0.416 e. The van der Waals surface area contributed by atoms with Crippen molar-refractivity contribution in [3.05, 3.63) is 41.0 Å². The lowest BCUT2D eigenvalue weighted by Gasteiger charge is -2.12. The van der Waals surface area contributed by atoms with Crippen LogP contribution in [0, 0.1) is 0 Å². The summed E-state index contributed by atoms with van der Waals surface area (Å²) in [4.78, 5) is 10.4. The van der Waals surface area contributed by atoms with Crippen molar-refractivity contribution in [2.45, 2.75) is 12.4 Å². The molecule has 1 aromatic carbocycles. The molecule has 0 spiro atoms. The van der Waals surface area contributed by atoms with Gasteiger partial charge in [-0.3, -0.25) is 4.79 Å². The van der Waals surface area contributed by atoms with E-state index in [0.717, 1.165) is 6.08 Å². The van der Waals surface area contributed by atoms with E-state index in [1.165, 1.54) is 0 Å². The van der Waals surface area contributed by atoms with E-state index in [1.807, 2.05) is 0 Å². The van der Waals surface area contributed by atoms with Gasteiger partial charge in [-0.1, -0.05) is 6.08 Å². The van der Waals surface area contributed by atoms with Gasteiger partial charge in [0.05, 0.1) is 11.1 Å². The monoisotopic (exact) mass is 302 g/mol. The number of hydrogen-bond acceptors (Lipinski definition) is 1. The minimum atomic E-state index is -4.92. The topological polar surface area (TPSA) is 17.1 Å². The number of rotatable bonds is 2. The molecule has 1 nitrogen and oxygen atoms in total. The zero-order chi connectivity index (χ0) is 14.8. The molecule has 0 bridgehead atoms. The second kappa shape index (κ2) is 5.24. The highest BCUT2D eigenvalue weighted by Crippen LogP contribution is 2.36. The van der Waals surface area contributed by atoms with Crippen molar-refractivity contribution < 1.29 is 31.1 Å². The van der Waals surface area contributed by atoms with Gasteiger partial charge < -0.3 is 0 Å². The Morgan fingerprint density at radius 1 is 0.947 bits per heavy atom. The first kappa shape index (κ1) is 15.6. The van der Waals surface area contributed by atoms with Crippen LogP contribution in [0.3, 0.4) is 0 Å². The van der Waals surface area contributed by atoms with Crippen molar-refractivity contribution >= 4 is 22.9 Å². The van der Waals surface area contributed by atoms with E-state index < -0.39 is 34.3 Å². The molecule has 0 aliphatic carbocycles. The normalized spacial score (nSPS) is 13.0. The lowest BCUT2D eigenvalue weighted by atomic mass is 10.0. The minimum absolute atomic E-state index is 0.000142. The van der Waals surface area contributed by atoms with E-state index in [4.69, 9.17) is 11.6 Å². The second-order valence-electron chi connectivity index (χ2n) is 3.48. The molecule has 19 heavy (non-hydrogen) atoms. The molecule has 104 valence electrons. The number of carbonyl (C=O) groups excluding carboxylic acids is 1. The van der Waals surface area contributed by atoms with Crippen molar-refractivity contribution in [3.8, 4) is 0 Å². The molecule has 0 saturated heterocycles. The molecular formula is C11H5ClF6O. The van der Waals surface area contributed by atoms with Crippen LogP contribution in [0.1, 0.15) is 16.7 Å². The van der Waals surface area contributed by atoms with Crippen LogP contribution in [0.25, 0.3) is 6.08 Å². The Hall–Kier alpha value is -1.50. The fourth-order valence-corrected chi connectivity index (χ4v) is 1.30. The molecule has 1 rings (SSSR count). The van der Waals surface area contributed by atoms with Crippen molar-refractivity contribution in [1.82, 2.24) is 0 Å². The molecule has 0 aromatic heterocycles. The summed E-state index contributed by atoms with van der Waals surface area (Å²) in [5.41, 5.74) is -3.33. The summed E-state index contributed by atoms with van der Waals surface area (Å²) in [5.74, 6) is 0. The molecule has 0 radical (unpaired) electrons. The maximum atomic E-state index is 12.5. The molecule has 0 fully saturated rings. The van der Waals surface area contributed by atoms with Gasteiger partial charge in [0.1, 0.15) is 0 Å². The highest BCUT2D eigenvalue weighted by atomic mass is 35.5. The predicted molar refractivity (Wildman–Crippen MR) is 56.3 cm³/mol. The lowest BCUT2D eigenvalue weighted by molar-refractivity contribution is -0.143. The van der Waals surface area contributed by atoms with Crippen molar-refractivity contribution in [1.29, 1.82) is 0 Å². The van der Waals surface area contributed by atoms with Crippen molar-refractivity contribution in [3.63, 3.8) is 0 Å². The lowest BCUT2D eigenvalue weighted by Crippen LogP contribution is -2.11. The Kier molecular flexibility index (Phi) is 4.29. The summed E-state index contributed by atoms with van der Waals surface area (Å²) in [6, 6.07) is 0.983. The van der Waals surface area contributed by atoms with Crippen LogP contribution in [0.15, 0.2) is 24.3 Å². The van der Waals surface area contributed by atoms with Crippen LogP contribution in [0.4, 0.5) is 26.3 Å². The minimum Gasteiger partial charge on any atom is -0.276 e. The zero-order valence-corrected chi connectivity index (χ0v) is 9.70. The number of benzene rings is 1. The zero-order valence-electron chi connectivity index (χ0n) is 8.94. The van der Waals surface area contributed by atoms with E-state index in [9.17, 15) is 31.1 Å². The van der Waals surface area contributed by atoms with E-state index in [-0.39, 0.29) is 6.07 Å². The van der Waals surface area contributed by atoms with Crippen LogP contribution < -0.4 is 0 Å². The van der Waals surface area contributed by atoms with Gasteiger partial charge in [0.15, 0.2) is 0 Å². The summed E-state index contributed by atoms with van der Waals surface area (Å²) in [7, 11) is 0. The molecule has 0 N–H and O–H groups in total. The second-order valence-corrected chi connectivity index (χ2v) is 3.85. The smallest absolute Gasteiger partial charge is 0.276 e. The Morgan fingerprint density at radius 3 is 1.68 bits per heavy atom. The highest BCUT2D eigenvalue weighted by molar-refractivity contribution is 6.66. The fourth-order valence-electron chi connectivity index (χ4n) is 1.24. The van der Waals surface area contributed by atoms with Gasteiger partial charge >= 0.3 is 12.4 Å². The Balaban J connectivity index is 3.37. The third-order valence-corrected chi connectivity index (χ3v) is 2.14. The average Bonchev–Trinajstić information content (AvgIpc) is 2.23. The van der Waals surface area contributed by atoms with E-state index >= 15 is 0 Å². The van der Waals surface area contributed by atoms with E-state index in [0.29, 0.717) is 18.2 Å². The van der Waals surface area contributed by atoms with Crippen LogP contribution in [0.2, 0.25) is 0 Å². The van der Waals surface area contributed by atoms with Gasteiger partial charge in [0.25, 0.3) is 0 Å². The first-order valence-corrected chi connectivity index (χ1v) is 5.05. The third kappa shape index (κ3) is 4.59. The molecule has 0 saturated carbocycles. The first-order valence-electron chi connectivity index (χ1n) is 4.67. The highest BCUT2D eigenvalue weighted by Gasteiger charge is 2.36. The molecule has 0 unspecified atom stereocenters. The molecule has 0 amide bonds. The maximum Gasteiger partial charge on any atom is 0.416 e. The average molecular weight is 303 g/mol. The Morgan fingerprint density at radius 2 is 1.37 bits per heavy atom. The molecule has 8 heteroatoms. The number of alkyl halides is 6. The fraction of sp³-hybridized carbons (Fsp3) is 0.182. The van der Waals surface area contributed by atoms with Gasteiger partial charge in [-0.25, -0.2) is 0 Å². The summed E-state index contributed by atoms with van der Waals surface area (Å²) in [6.07, 6.45) is -8.40. The maximum absolute atomic E-state index is 12.5. The van der Waals surface area contributed by atoms with Crippen LogP contribution >= 0.6 is 11.6 Å². The van der Waals surface area contributed by atoms with Crippen LogP contribution in [-0.2, 0) is 17.1 Å². The van der Waals surface area contributed by atoms with Gasteiger partial charge in [0, 0.05) is 0 Å². The Bertz CT molecular complexity index is 483. The molecule has 0 heterocycles. The summed E-state index contributed by atoms with van der Waals surface area (Å²) < 4.78 is 74.7. The van der Waals surface area contributed by atoms with Crippen molar-refractivity contribution in [2.75, 3.05) is 0 Å². The standard InChI is InChI=1S/C11H5ClF6O/c12-9(19)2-1-6-3-7(10(13,14)15)5-8(4-6)11(16,17)18/h1-5H. The first-order chi connectivity index (χ1) is 8.50. The number of halogens is 7. The van der Waals surface area contributed by atoms with E-state index in [1.54, 1.807) is 0 Å². The number of carbonyl (C=O) groups is 1. The van der Waals surface area contributed by atoms with Crippen LogP contribution in [-0.4, -0.2) is 5.24 Å². The molecule has 0 aliphatic rings. The van der Waals surface area contributed by atoms with Crippen LogP contribution in [0.5, 0.6) is 0 Å². The third-order valence-electron chi connectivity index (χ3n) is 2.02. The molecular weight excluding hydrogens is 298 g/mol.